The van der Waals surface area contributed by atoms with Crippen molar-refractivity contribution in [2.45, 2.75) is 39.5 Å². The van der Waals surface area contributed by atoms with E-state index in [1.807, 2.05) is 49.9 Å². The lowest BCUT2D eigenvalue weighted by atomic mass is 9.91. The number of amides is 1. The van der Waals surface area contributed by atoms with Gasteiger partial charge in [-0.05, 0) is 25.0 Å². The van der Waals surface area contributed by atoms with E-state index in [4.69, 9.17) is 9.26 Å². The standard InChI is InChI=1S/C19H25N3O3/c1-19(2,3)18(23)22-10-8-13(9-11-22)17-20-16(21-25-17)14-6-5-7-15(12-14)24-4/h5-7,12-13H,8-11H2,1-4H3. The molecule has 1 saturated heterocycles. The molecule has 0 unspecified atom stereocenters. The van der Waals surface area contributed by atoms with E-state index >= 15 is 0 Å². The molecule has 0 atom stereocenters. The molecule has 134 valence electrons. The molecule has 1 aliphatic rings. The Morgan fingerprint density at radius 1 is 1.28 bits per heavy atom. The highest BCUT2D eigenvalue weighted by Gasteiger charge is 2.32. The molecule has 0 radical (unpaired) electrons. The number of methoxy groups -OCH3 is 1. The summed E-state index contributed by atoms with van der Waals surface area (Å²) < 4.78 is 10.7. The number of aromatic nitrogens is 2. The molecule has 1 fully saturated rings. The zero-order valence-corrected chi connectivity index (χ0v) is 15.3. The van der Waals surface area contributed by atoms with Crippen LogP contribution in [0.1, 0.15) is 45.4 Å². The van der Waals surface area contributed by atoms with Gasteiger partial charge in [0.15, 0.2) is 0 Å². The highest BCUT2D eigenvalue weighted by atomic mass is 16.5. The fraction of sp³-hybridized carbons (Fsp3) is 0.526. The summed E-state index contributed by atoms with van der Waals surface area (Å²) in [5, 5.41) is 4.11. The Morgan fingerprint density at radius 2 is 2.00 bits per heavy atom. The first kappa shape index (κ1) is 17.5. The SMILES string of the molecule is COc1cccc(-c2noc(C3CCN(C(=O)C(C)(C)C)CC3)n2)c1. The molecule has 0 N–H and O–H groups in total. The van der Waals surface area contributed by atoms with Gasteiger partial charge in [-0.15, -0.1) is 0 Å². The largest absolute Gasteiger partial charge is 0.497 e. The third kappa shape index (κ3) is 3.83. The van der Waals surface area contributed by atoms with Crippen LogP contribution in [0.3, 0.4) is 0 Å². The number of piperidine rings is 1. The third-order valence-corrected chi connectivity index (χ3v) is 4.54. The number of likely N-dealkylation sites (tertiary alicyclic amines) is 1. The van der Waals surface area contributed by atoms with E-state index in [1.54, 1.807) is 7.11 Å². The van der Waals surface area contributed by atoms with Gasteiger partial charge >= 0.3 is 0 Å². The van der Waals surface area contributed by atoms with E-state index in [0.717, 1.165) is 37.2 Å². The van der Waals surface area contributed by atoms with Gasteiger partial charge in [0.2, 0.25) is 17.6 Å². The zero-order chi connectivity index (χ0) is 18.0. The van der Waals surface area contributed by atoms with Crippen LogP contribution >= 0.6 is 0 Å². The van der Waals surface area contributed by atoms with E-state index in [2.05, 4.69) is 10.1 Å². The van der Waals surface area contributed by atoms with Crippen molar-refractivity contribution in [3.63, 3.8) is 0 Å². The molecular weight excluding hydrogens is 318 g/mol. The van der Waals surface area contributed by atoms with Crippen molar-refractivity contribution < 1.29 is 14.1 Å². The first-order chi connectivity index (χ1) is 11.9. The van der Waals surface area contributed by atoms with Gasteiger partial charge in [-0.25, -0.2) is 0 Å². The van der Waals surface area contributed by atoms with E-state index < -0.39 is 0 Å². The van der Waals surface area contributed by atoms with Crippen LogP contribution in [0.25, 0.3) is 11.4 Å². The summed E-state index contributed by atoms with van der Waals surface area (Å²) in [5.41, 5.74) is 0.534. The van der Waals surface area contributed by atoms with Crippen LogP contribution in [0.4, 0.5) is 0 Å². The smallest absolute Gasteiger partial charge is 0.230 e. The number of carbonyl (C=O) groups excluding carboxylic acids is 1. The van der Waals surface area contributed by atoms with Crippen molar-refractivity contribution in [1.82, 2.24) is 15.0 Å². The average molecular weight is 343 g/mol. The topological polar surface area (TPSA) is 68.5 Å². The fourth-order valence-corrected chi connectivity index (χ4v) is 3.08. The molecule has 1 amide bonds. The normalized spacial score (nSPS) is 16.1. The molecule has 0 saturated carbocycles. The van der Waals surface area contributed by atoms with E-state index in [1.165, 1.54) is 0 Å². The number of nitrogens with zero attached hydrogens (tertiary/aromatic N) is 3. The van der Waals surface area contributed by atoms with Crippen LogP contribution in [0.15, 0.2) is 28.8 Å². The second-order valence-corrected chi connectivity index (χ2v) is 7.50. The van der Waals surface area contributed by atoms with Gasteiger partial charge in [-0.1, -0.05) is 38.1 Å². The first-order valence-electron chi connectivity index (χ1n) is 8.66. The maximum atomic E-state index is 12.4. The second kappa shape index (κ2) is 6.86. The van der Waals surface area contributed by atoms with E-state index in [9.17, 15) is 4.79 Å². The van der Waals surface area contributed by atoms with Crippen molar-refractivity contribution >= 4 is 5.91 Å². The Balaban J connectivity index is 1.67. The van der Waals surface area contributed by atoms with Gasteiger partial charge < -0.3 is 14.2 Å². The predicted molar refractivity (Wildman–Crippen MR) is 94.3 cm³/mol. The molecule has 0 bridgehead atoms. The minimum Gasteiger partial charge on any atom is -0.497 e. The first-order valence-corrected chi connectivity index (χ1v) is 8.66. The van der Waals surface area contributed by atoms with Crippen molar-refractivity contribution in [3.8, 4) is 17.1 Å². The molecule has 0 spiro atoms. The number of ether oxygens (including phenoxy) is 1. The Bertz CT molecular complexity index is 740. The molecule has 3 rings (SSSR count). The Labute approximate surface area is 148 Å². The number of carbonyl (C=O) groups is 1. The number of rotatable bonds is 3. The summed E-state index contributed by atoms with van der Waals surface area (Å²) in [6.07, 6.45) is 1.70. The number of hydrogen-bond donors (Lipinski definition) is 0. The summed E-state index contributed by atoms with van der Waals surface area (Å²) in [6, 6.07) is 7.61. The van der Waals surface area contributed by atoms with Gasteiger partial charge in [0.05, 0.1) is 7.11 Å². The van der Waals surface area contributed by atoms with Crippen molar-refractivity contribution in [3.05, 3.63) is 30.2 Å². The van der Waals surface area contributed by atoms with Crippen LogP contribution in [0, 0.1) is 5.41 Å². The monoisotopic (exact) mass is 343 g/mol. The highest BCUT2D eigenvalue weighted by molar-refractivity contribution is 5.81. The molecule has 1 aromatic heterocycles. The number of benzene rings is 1. The molecule has 2 heterocycles. The highest BCUT2D eigenvalue weighted by Crippen LogP contribution is 2.31. The lowest BCUT2D eigenvalue weighted by molar-refractivity contribution is -0.140. The van der Waals surface area contributed by atoms with Crippen LogP contribution in [-0.2, 0) is 4.79 Å². The molecule has 6 heteroatoms. The summed E-state index contributed by atoms with van der Waals surface area (Å²) in [7, 11) is 1.63. The van der Waals surface area contributed by atoms with Gasteiger partial charge in [0.25, 0.3) is 0 Å². The van der Waals surface area contributed by atoms with Crippen molar-refractivity contribution in [2.24, 2.45) is 5.41 Å². The summed E-state index contributed by atoms with van der Waals surface area (Å²) in [6.45, 7) is 7.34. The minimum absolute atomic E-state index is 0.202. The summed E-state index contributed by atoms with van der Waals surface area (Å²) in [5.74, 6) is 2.39. The van der Waals surface area contributed by atoms with Gasteiger partial charge in [0.1, 0.15) is 5.75 Å². The Hall–Kier alpha value is -2.37. The summed E-state index contributed by atoms with van der Waals surface area (Å²) in [4.78, 5) is 18.9. The fourth-order valence-electron chi connectivity index (χ4n) is 3.08. The van der Waals surface area contributed by atoms with E-state index in [-0.39, 0.29) is 17.2 Å². The van der Waals surface area contributed by atoms with Crippen LogP contribution < -0.4 is 4.74 Å². The molecule has 25 heavy (non-hydrogen) atoms. The lowest BCUT2D eigenvalue weighted by Gasteiger charge is -2.34. The lowest BCUT2D eigenvalue weighted by Crippen LogP contribution is -2.43. The Morgan fingerprint density at radius 3 is 2.64 bits per heavy atom. The van der Waals surface area contributed by atoms with Crippen LogP contribution in [-0.4, -0.2) is 41.1 Å². The van der Waals surface area contributed by atoms with Crippen molar-refractivity contribution in [1.29, 1.82) is 0 Å². The molecule has 1 aliphatic heterocycles. The molecule has 6 nitrogen and oxygen atoms in total. The zero-order valence-electron chi connectivity index (χ0n) is 15.3. The molecule has 0 aliphatic carbocycles. The van der Waals surface area contributed by atoms with E-state index in [0.29, 0.717) is 11.7 Å². The molecule has 2 aromatic rings. The predicted octanol–water partition coefficient (Wildman–Crippen LogP) is 3.50. The van der Waals surface area contributed by atoms with Gasteiger partial charge in [-0.2, -0.15) is 4.98 Å². The Kier molecular flexibility index (Phi) is 4.79. The van der Waals surface area contributed by atoms with Crippen LogP contribution in [0.2, 0.25) is 0 Å². The number of hydrogen-bond acceptors (Lipinski definition) is 5. The summed E-state index contributed by atoms with van der Waals surface area (Å²) >= 11 is 0. The molecular formula is C19H25N3O3. The third-order valence-electron chi connectivity index (χ3n) is 4.54. The average Bonchev–Trinajstić information content (AvgIpc) is 3.10. The minimum atomic E-state index is -0.336. The second-order valence-electron chi connectivity index (χ2n) is 7.50. The maximum Gasteiger partial charge on any atom is 0.230 e. The maximum absolute atomic E-state index is 12.4. The quantitative estimate of drug-likeness (QED) is 0.853. The van der Waals surface area contributed by atoms with Crippen LogP contribution in [0.5, 0.6) is 5.75 Å². The molecule has 1 aromatic carbocycles. The van der Waals surface area contributed by atoms with Gasteiger partial charge in [0, 0.05) is 30.0 Å². The van der Waals surface area contributed by atoms with Crippen molar-refractivity contribution in [2.75, 3.05) is 20.2 Å². The van der Waals surface area contributed by atoms with Gasteiger partial charge in [-0.3, -0.25) is 4.79 Å².